The topological polar surface area (TPSA) is 125 Å². The molecule has 2 heterocycles. The van der Waals surface area contributed by atoms with Gasteiger partial charge < -0.3 is 20.6 Å². The van der Waals surface area contributed by atoms with Crippen LogP contribution in [0.25, 0.3) is 11.0 Å². The van der Waals surface area contributed by atoms with Gasteiger partial charge in [0.1, 0.15) is 17.0 Å². The number of hydrogen-bond acceptors (Lipinski definition) is 6. The normalized spacial score (nSPS) is 21.1. The molecule has 1 atom stereocenters. The van der Waals surface area contributed by atoms with Gasteiger partial charge in [0.2, 0.25) is 0 Å². The van der Waals surface area contributed by atoms with Crippen molar-refractivity contribution in [3.8, 4) is 5.75 Å². The molecule has 1 aliphatic rings. The molecule has 27 heavy (non-hydrogen) atoms. The van der Waals surface area contributed by atoms with E-state index in [4.69, 9.17) is 5.11 Å². The minimum absolute atomic E-state index is 0.0337. The smallest absolute Gasteiger partial charge is 0.268 e. The number of amides is 1. The van der Waals surface area contributed by atoms with Crippen LogP contribution in [0.4, 0.5) is 0 Å². The molecule has 0 saturated heterocycles. The zero-order valence-corrected chi connectivity index (χ0v) is 15.3. The first kappa shape index (κ1) is 19.3. The van der Waals surface area contributed by atoms with Gasteiger partial charge in [-0.2, -0.15) is 0 Å². The van der Waals surface area contributed by atoms with Gasteiger partial charge >= 0.3 is 0 Å². The summed E-state index contributed by atoms with van der Waals surface area (Å²) in [7, 11) is 0. The average molecular weight is 375 g/mol. The predicted octanol–water partition coefficient (Wildman–Crippen LogP) is 0.764. The third-order valence-corrected chi connectivity index (χ3v) is 5.18. The molecule has 8 nitrogen and oxygen atoms in total. The van der Waals surface area contributed by atoms with E-state index in [2.05, 4.69) is 17.2 Å². The second kappa shape index (κ2) is 8.06. The Morgan fingerprint density at radius 3 is 2.74 bits per heavy atom. The van der Waals surface area contributed by atoms with Crippen molar-refractivity contribution in [1.82, 2.24) is 14.9 Å². The fourth-order valence-corrected chi connectivity index (χ4v) is 3.57. The van der Waals surface area contributed by atoms with Crippen LogP contribution in [0.15, 0.2) is 23.1 Å². The first-order valence-corrected chi connectivity index (χ1v) is 9.22. The molecule has 0 bridgehead atoms. The van der Waals surface area contributed by atoms with Crippen molar-refractivity contribution >= 4 is 16.9 Å². The lowest BCUT2D eigenvalue weighted by atomic mass is 9.87. The predicted molar refractivity (Wildman–Crippen MR) is 99.6 cm³/mol. The van der Waals surface area contributed by atoms with Gasteiger partial charge in [0, 0.05) is 12.2 Å². The van der Waals surface area contributed by atoms with Gasteiger partial charge in [-0.25, -0.2) is 4.98 Å². The van der Waals surface area contributed by atoms with Crippen molar-refractivity contribution < 1.29 is 20.1 Å². The minimum atomic E-state index is -1.19. The molecule has 1 amide bonds. The van der Waals surface area contributed by atoms with Gasteiger partial charge in [-0.1, -0.05) is 6.92 Å². The second-order valence-corrected chi connectivity index (χ2v) is 7.28. The molecule has 8 heteroatoms. The van der Waals surface area contributed by atoms with E-state index < -0.39 is 29.9 Å². The Balaban J connectivity index is 2.01. The van der Waals surface area contributed by atoms with E-state index in [1.807, 2.05) is 0 Å². The zero-order chi connectivity index (χ0) is 19.6. The number of nitrogens with one attached hydrogen (secondary N) is 1. The molecular formula is C19H25N3O5. The highest BCUT2D eigenvalue weighted by Gasteiger charge is 2.26. The molecule has 0 radical (unpaired) electrons. The number of carbonyl (C=O) groups is 1. The maximum atomic E-state index is 12.9. The Kier molecular flexibility index (Phi) is 5.76. The van der Waals surface area contributed by atoms with Gasteiger partial charge in [-0.15, -0.1) is 0 Å². The number of aliphatic hydroxyl groups is 2. The molecule has 0 aromatic carbocycles. The van der Waals surface area contributed by atoms with Crippen LogP contribution in [0.2, 0.25) is 0 Å². The number of aromatic hydroxyl groups is 1. The molecule has 1 fully saturated rings. The van der Waals surface area contributed by atoms with Gasteiger partial charge in [-0.05, 0) is 43.7 Å². The summed E-state index contributed by atoms with van der Waals surface area (Å²) < 4.78 is 1.12. The molecule has 1 unspecified atom stereocenters. The van der Waals surface area contributed by atoms with Gasteiger partial charge in [0.25, 0.3) is 11.5 Å². The van der Waals surface area contributed by atoms with Crippen LogP contribution in [0.5, 0.6) is 5.75 Å². The third-order valence-electron chi connectivity index (χ3n) is 5.18. The lowest BCUT2D eigenvalue weighted by Crippen LogP contribution is -2.41. The lowest BCUT2D eigenvalue weighted by molar-refractivity contribution is 0.0807. The fourth-order valence-electron chi connectivity index (χ4n) is 3.57. The van der Waals surface area contributed by atoms with E-state index in [0.29, 0.717) is 5.92 Å². The average Bonchev–Trinajstić information content (AvgIpc) is 2.67. The molecule has 1 saturated carbocycles. The molecule has 1 aliphatic carbocycles. The van der Waals surface area contributed by atoms with Crippen molar-refractivity contribution in [2.75, 3.05) is 6.61 Å². The summed E-state index contributed by atoms with van der Waals surface area (Å²) in [5.41, 5.74) is -0.956. The second-order valence-electron chi connectivity index (χ2n) is 7.28. The first-order valence-electron chi connectivity index (χ1n) is 9.22. The number of hydrogen-bond donors (Lipinski definition) is 4. The van der Waals surface area contributed by atoms with E-state index in [0.717, 1.165) is 30.3 Å². The Bertz CT molecular complexity index is 887. The highest BCUT2D eigenvalue weighted by molar-refractivity contribution is 6.01. The third kappa shape index (κ3) is 3.96. The Morgan fingerprint density at radius 1 is 1.37 bits per heavy atom. The van der Waals surface area contributed by atoms with Crippen LogP contribution in [0, 0.1) is 5.92 Å². The van der Waals surface area contributed by atoms with Crippen LogP contribution in [0.1, 0.15) is 43.0 Å². The van der Waals surface area contributed by atoms with Crippen LogP contribution in [-0.4, -0.2) is 49.5 Å². The molecule has 146 valence electrons. The number of aliphatic hydroxyl groups excluding tert-OH is 2. The monoisotopic (exact) mass is 375 g/mol. The van der Waals surface area contributed by atoms with Gasteiger partial charge in [0.05, 0.1) is 24.6 Å². The summed E-state index contributed by atoms with van der Waals surface area (Å²) in [4.78, 5) is 29.8. The van der Waals surface area contributed by atoms with Crippen molar-refractivity contribution in [3.05, 3.63) is 34.2 Å². The van der Waals surface area contributed by atoms with Crippen LogP contribution in [-0.2, 0) is 6.54 Å². The van der Waals surface area contributed by atoms with Crippen molar-refractivity contribution in [1.29, 1.82) is 0 Å². The summed E-state index contributed by atoms with van der Waals surface area (Å²) in [5.74, 6) is -0.426. The first-order chi connectivity index (χ1) is 12.9. The number of carbonyl (C=O) groups excluding carboxylic acids is 1. The zero-order valence-electron chi connectivity index (χ0n) is 15.3. The standard InChI is InChI=1S/C19H25N3O5/c1-11-4-6-12(7-5-11)21-18(26)15-16(25)14-3-2-8-20-17(14)22(19(15)27)9-13(24)10-23/h2-3,8,11-13,23-25H,4-7,9-10H2,1H3,(H,21,26)/t11-,12+,13?. The molecule has 2 aromatic rings. The van der Waals surface area contributed by atoms with E-state index in [-0.39, 0.29) is 29.2 Å². The van der Waals surface area contributed by atoms with E-state index in [1.165, 1.54) is 6.20 Å². The number of pyridine rings is 2. The minimum Gasteiger partial charge on any atom is -0.506 e. The summed E-state index contributed by atoms with van der Waals surface area (Å²) >= 11 is 0. The molecule has 2 aromatic heterocycles. The summed E-state index contributed by atoms with van der Waals surface area (Å²) in [6, 6.07) is 3.11. The molecular weight excluding hydrogens is 350 g/mol. The maximum absolute atomic E-state index is 12.9. The maximum Gasteiger partial charge on any atom is 0.268 e. The van der Waals surface area contributed by atoms with Crippen molar-refractivity contribution in [2.45, 2.75) is 51.3 Å². The number of fused-ring (bicyclic) bond motifs is 1. The molecule has 0 spiro atoms. The Morgan fingerprint density at radius 2 is 2.07 bits per heavy atom. The van der Waals surface area contributed by atoms with Crippen molar-refractivity contribution in [2.24, 2.45) is 5.92 Å². The van der Waals surface area contributed by atoms with Gasteiger partial charge in [-0.3, -0.25) is 14.2 Å². The Hall–Kier alpha value is -2.45. The van der Waals surface area contributed by atoms with Crippen molar-refractivity contribution in [3.63, 3.8) is 0 Å². The molecule has 4 N–H and O–H groups in total. The van der Waals surface area contributed by atoms with Crippen LogP contribution < -0.4 is 10.9 Å². The lowest BCUT2D eigenvalue weighted by Gasteiger charge is -2.27. The molecule has 0 aliphatic heterocycles. The summed E-state index contributed by atoms with van der Waals surface area (Å²) in [6.45, 7) is 1.40. The fraction of sp³-hybridized carbons (Fsp3) is 0.526. The highest BCUT2D eigenvalue weighted by atomic mass is 16.3. The van der Waals surface area contributed by atoms with Gasteiger partial charge in [0.15, 0.2) is 0 Å². The van der Waals surface area contributed by atoms with Crippen LogP contribution in [0.3, 0.4) is 0 Å². The largest absolute Gasteiger partial charge is 0.506 e. The quantitative estimate of drug-likeness (QED) is 0.612. The van der Waals surface area contributed by atoms with E-state index in [9.17, 15) is 19.8 Å². The summed E-state index contributed by atoms with van der Waals surface area (Å²) in [6.07, 6.45) is 3.94. The number of rotatable bonds is 5. The summed E-state index contributed by atoms with van der Waals surface area (Å²) in [5, 5.41) is 32.5. The SMILES string of the molecule is C[C@H]1CC[C@@H](NC(=O)c2c(O)c3cccnc3n(CC(O)CO)c2=O)CC1. The highest BCUT2D eigenvalue weighted by Crippen LogP contribution is 2.27. The number of nitrogens with zero attached hydrogens (tertiary/aromatic N) is 2. The Labute approximate surface area is 156 Å². The van der Waals surface area contributed by atoms with E-state index in [1.54, 1.807) is 12.1 Å². The van der Waals surface area contributed by atoms with Crippen LogP contribution >= 0.6 is 0 Å². The number of aromatic nitrogens is 2. The van der Waals surface area contributed by atoms with E-state index >= 15 is 0 Å². The molecule has 3 rings (SSSR count).